The van der Waals surface area contributed by atoms with Crippen molar-refractivity contribution in [3.05, 3.63) is 35.2 Å². The molecule has 1 aliphatic rings. The van der Waals surface area contributed by atoms with Crippen LogP contribution in [-0.4, -0.2) is 23.8 Å². The molecule has 5 nitrogen and oxygen atoms in total. The number of hydrogen-bond acceptors (Lipinski definition) is 5. The summed E-state index contributed by atoms with van der Waals surface area (Å²) in [6.45, 7) is 0. The summed E-state index contributed by atoms with van der Waals surface area (Å²) in [6.07, 6.45) is 1.92. The molecule has 0 spiro atoms. The third-order valence-electron chi connectivity index (χ3n) is 2.73. The van der Waals surface area contributed by atoms with Gasteiger partial charge in [-0.25, -0.2) is 0 Å². The fraction of sp³-hybridized carbons (Fsp3) is 0.154. The predicted octanol–water partition coefficient (Wildman–Crippen LogP) is 2.11. The van der Waals surface area contributed by atoms with Crippen LogP contribution in [0.15, 0.2) is 34.5 Å². The van der Waals surface area contributed by atoms with Crippen molar-refractivity contribution in [2.45, 2.75) is 4.90 Å². The number of nitrogens with one attached hydrogen (secondary N) is 2. The molecule has 0 aliphatic carbocycles. The first-order valence-corrected chi connectivity index (χ1v) is 7.36. The molecule has 1 aromatic carbocycles. The van der Waals surface area contributed by atoms with Crippen LogP contribution < -0.4 is 10.6 Å². The van der Waals surface area contributed by atoms with Gasteiger partial charge in [0.2, 0.25) is 0 Å². The third kappa shape index (κ3) is 2.64. The summed E-state index contributed by atoms with van der Waals surface area (Å²) < 4.78 is 0. The topological polar surface area (TPSA) is 82.0 Å². The van der Waals surface area contributed by atoms with E-state index in [-0.39, 0.29) is 23.2 Å². The van der Waals surface area contributed by atoms with Gasteiger partial charge in [0.05, 0.1) is 17.1 Å². The van der Waals surface area contributed by atoms with E-state index in [9.17, 15) is 9.59 Å². The molecule has 1 aromatic rings. The maximum absolute atomic E-state index is 12.0. The number of halogens is 1. The third-order valence-corrected chi connectivity index (χ3v) is 3.70. The Bertz CT molecular complexity index is 664. The number of alkyl halides is 1. The smallest absolute Gasteiger partial charge is 0.258 e. The number of anilines is 1. The number of nitriles is 1. The summed E-state index contributed by atoms with van der Waals surface area (Å²) in [5.41, 5.74) is 0.835. The quantitative estimate of drug-likeness (QED) is 0.387. The molecule has 20 heavy (non-hydrogen) atoms. The number of hydrogen-bond donors (Lipinski definition) is 2. The molecule has 7 heteroatoms. The molecule has 1 heterocycles. The number of benzene rings is 1. The lowest BCUT2D eigenvalue weighted by atomic mass is 10.1. The van der Waals surface area contributed by atoms with E-state index < -0.39 is 5.78 Å². The van der Waals surface area contributed by atoms with Crippen LogP contribution in [0, 0.1) is 11.3 Å². The molecular formula is C13H10ClN3O2S. The van der Waals surface area contributed by atoms with Gasteiger partial charge in [0.25, 0.3) is 5.91 Å². The van der Waals surface area contributed by atoms with Crippen LogP contribution in [0.2, 0.25) is 0 Å². The van der Waals surface area contributed by atoms with E-state index in [2.05, 4.69) is 10.6 Å². The molecule has 1 amide bonds. The molecule has 1 aliphatic heterocycles. The summed E-state index contributed by atoms with van der Waals surface area (Å²) in [5.74, 6) is -1.14. The second kappa shape index (κ2) is 5.99. The Kier molecular flexibility index (Phi) is 4.32. The van der Waals surface area contributed by atoms with Crippen LogP contribution in [0.5, 0.6) is 0 Å². The zero-order valence-corrected chi connectivity index (χ0v) is 12.1. The van der Waals surface area contributed by atoms with Gasteiger partial charge in [-0.2, -0.15) is 5.26 Å². The van der Waals surface area contributed by atoms with Crippen molar-refractivity contribution in [2.24, 2.45) is 0 Å². The SMILES string of the molecule is CSc1ccc2c(c1)N/C(=C(\C#N)C(=O)CCl)NC2=O. The first-order valence-electron chi connectivity index (χ1n) is 5.60. The van der Waals surface area contributed by atoms with Crippen molar-refractivity contribution >= 4 is 40.7 Å². The number of Topliss-reactive ketones (excluding diaryl/α,β-unsaturated/α-hetero) is 1. The number of nitrogens with zero attached hydrogens (tertiary/aromatic N) is 1. The highest BCUT2D eigenvalue weighted by Gasteiger charge is 2.24. The summed E-state index contributed by atoms with van der Waals surface area (Å²) in [4.78, 5) is 24.5. The lowest BCUT2D eigenvalue weighted by Crippen LogP contribution is -2.35. The Hall–Kier alpha value is -1.97. The molecule has 2 N–H and O–H groups in total. The van der Waals surface area contributed by atoms with Crippen molar-refractivity contribution in [2.75, 3.05) is 17.5 Å². The van der Waals surface area contributed by atoms with Crippen molar-refractivity contribution in [3.8, 4) is 6.07 Å². The van der Waals surface area contributed by atoms with Crippen LogP contribution in [0.4, 0.5) is 5.69 Å². The van der Waals surface area contributed by atoms with E-state index >= 15 is 0 Å². The van der Waals surface area contributed by atoms with Crippen LogP contribution in [0.1, 0.15) is 10.4 Å². The van der Waals surface area contributed by atoms with E-state index in [0.29, 0.717) is 11.3 Å². The first-order chi connectivity index (χ1) is 9.60. The predicted molar refractivity (Wildman–Crippen MR) is 77.7 cm³/mol. The highest BCUT2D eigenvalue weighted by atomic mass is 35.5. The number of thioether (sulfide) groups is 1. The van der Waals surface area contributed by atoms with E-state index in [1.54, 1.807) is 18.2 Å². The fourth-order valence-electron chi connectivity index (χ4n) is 1.75. The Morgan fingerprint density at radius 3 is 2.80 bits per heavy atom. The van der Waals surface area contributed by atoms with Gasteiger partial charge in [-0.1, -0.05) is 0 Å². The summed E-state index contributed by atoms with van der Waals surface area (Å²) in [6, 6.07) is 7.07. The lowest BCUT2D eigenvalue weighted by molar-refractivity contribution is -0.113. The molecule has 0 fully saturated rings. The maximum atomic E-state index is 12.0. The van der Waals surface area contributed by atoms with E-state index in [4.69, 9.17) is 16.9 Å². The highest BCUT2D eigenvalue weighted by Crippen LogP contribution is 2.27. The fourth-order valence-corrected chi connectivity index (χ4v) is 2.32. The Morgan fingerprint density at radius 1 is 1.45 bits per heavy atom. The minimum Gasteiger partial charge on any atom is -0.340 e. The summed E-state index contributed by atoms with van der Waals surface area (Å²) >= 11 is 6.98. The van der Waals surface area contributed by atoms with Gasteiger partial charge < -0.3 is 10.6 Å². The van der Waals surface area contributed by atoms with Gasteiger partial charge in [0.15, 0.2) is 5.78 Å². The molecule has 0 bridgehead atoms. The molecule has 2 rings (SSSR count). The number of carbonyl (C=O) groups is 2. The number of fused-ring (bicyclic) bond motifs is 1. The molecular weight excluding hydrogens is 298 g/mol. The summed E-state index contributed by atoms with van der Waals surface area (Å²) in [7, 11) is 0. The molecule has 0 atom stereocenters. The van der Waals surface area contributed by atoms with Crippen molar-refractivity contribution in [1.29, 1.82) is 5.26 Å². The second-order valence-electron chi connectivity index (χ2n) is 3.91. The standard InChI is InChI=1S/C13H10ClN3O2S/c1-20-7-2-3-8-10(4-7)16-12(17-13(8)19)9(6-15)11(18)5-14/h2-4,16H,5H2,1H3,(H,17,19)/b12-9-. The second-order valence-corrected chi connectivity index (χ2v) is 5.06. The number of carbonyl (C=O) groups excluding carboxylic acids is 2. The Balaban J connectivity index is 2.49. The van der Waals surface area contributed by atoms with Crippen LogP contribution >= 0.6 is 23.4 Å². The van der Waals surface area contributed by atoms with E-state index in [1.807, 2.05) is 12.3 Å². The minimum absolute atomic E-state index is 0.0777. The average molecular weight is 308 g/mol. The van der Waals surface area contributed by atoms with Crippen molar-refractivity contribution in [3.63, 3.8) is 0 Å². The van der Waals surface area contributed by atoms with Crippen molar-refractivity contribution < 1.29 is 9.59 Å². The highest BCUT2D eigenvalue weighted by molar-refractivity contribution is 7.98. The lowest BCUT2D eigenvalue weighted by Gasteiger charge is -2.22. The van der Waals surface area contributed by atoms with Crippen LogP contribution in [-0.2, 0) is 4.79 Å². The number of amides is 1. The normalized spacial score (nSPS) is 15.6. The monoisotopic (exact) mass is 307 g/mol. The van der Waals surface area contributed by atoms with E-state index in [0.717, 1.165) is 4.90 Å². The Morgan fingerprint density at radius 2 is 2.20 bits per heavy atom. The Labute approximate surface area is 125 Å². The zero-order chi connectivity index (χ0) is 14.7. The summed E-state index contributed by atoms with van der Waals surface area (Å²) in [5, 5.41) is 14.4. The minimum atomic E-state index is -0.540. The average Bonchev–Trinajstić information content (AvgIpc) is 2.47. The molecule has 102 valence electrons. The number of ketones is 1. The van der Waals surface area contributed by atoms with Crippen LogP contribution in [0.3, 0.4) is 0 Å². The van der Waals surface area contributed by atoms with E-state index in [1.165, 1.54) is 11.8 Å². The van der Waals surface area contributed by atoms with Gasteiger partial charge in [0, 0.05) is 4.90 Å². The van der Waals surface area contributed by atoms with Gasteiger partial charge in [0.1, 0.15) is 17.5 Å². The van der Waals surface area contributed by atoms with Gasteiger partial charge in [-0.3, -0.25) is 9.59 Å². The van der Waals surface area contributed by atoms with Gasteiger partial charge >= 0.3 is 0 Å². The molecule has 0 unspecified atom stereocenters. The largest absolute Gasteiger partial charge is 0.340 e. The van der Waals surface area contributed by atoms with Gasteiger partial charge in [-0.15, -0.1) is 23.4 Å². The van der Waals surface area contributed by atoms with Crippen molar-refractivity contribution in [1.82, 2.24) is 5.32 Å². The molecule has 0 saturated carbocycles. The number of allylic oxidation sites excluding steroid dienone is 1. The number of rotatable bonds is 3. The first kappa shape index (κ1) is 14.4. The molecule has 0 saturated heterocycles. The molecule has 0 radical (unpaired) electrons. The zero-order valence-electron chi connectivity index (χ0n) is 10.5. The van der Waals surface area contributed by atoms with Crippen LogP contribution in [0.25, 0.3) is 0 Å². The maximum Gasteiger partial charge on any atom is 0.258 e. The molecule has 0 aromatic heterocycles. The van der Waals surface area contributed by atoms with Gasteiger partial charge in [-0.05, 0) is 24.5 Å².